The average molecular weight is 536 g/mol. The molecule has 0 unspecified atom stereocenters. The first kappa shape index (κ1) is 24.9. The Hall–Kier alpha value is -3.40. The molecule has 0 spiro atoms. The van der Waals surface area contributed by atoms with Crippen LogP contribution in [0.5, 0.6) is 0 Å². The van der Waals surface area contributed by atoms with Crippen LogP contribution in [0.4, 0.5) is 4.79 Å². The summed E-state index contributed by atoms with van der Waals surface area (Å²) in [6.07, 6.45) is 9.91. The van der Waals surface area contributed by atoms with E-state index in [0.29, 0.717) is 11.2 Å². The van der Waals surface area contributed by atoms with Crippen LogP contribution in [0.1, 0.15) is 70.7 Å². The van der Waals surface area contributed by atoms with Gasteiger partial charge in [0.1, 0.15) is 11.4 Å². The predicted molar refractivity (Wildman–Crippen MR) is 144 cm³/mol. The smallest absolute Gasteiger partial charge is 0.408 e. The first-order valence-electron chi connectivity index (χ1n) is 13.1. The summed E-state index contributed by atoms with van der Waals surface area (Å²) in [5, 5.41) is 3.18. The molecule has 1 aromatic carbocycles. The molecule has 0 radical (unpaired) electrons. The Balaban J connectivity index is 1.34. The summed E-state index contributed by atoms with van der Waals surface area (Å²) in [5.74, 6) is 0.941. The molecule has 4 aromatic rings. The summed E-state index contributed by atoms with van der Waals surface area (Å²) in [6, 6.07) is 8.64. The number of nitrogens with one attached hydrogen (secondary N) is 1. The third-order valence-electron chi connectivity index (χ3n) is 8.22. The molecule has 2 bridgehead atoms. The second kappa shape index (κ2) is 8.30. The topological polar surface area (TPSA) is 108 Å². The lowest BCUT2D eigenvalue weighted by molar-refractivity contribution is 0.0247. The summed E-state index contributed by atoms with van der Waals surface area (Å²) in [4.78, 5) is 22.1. The van der Waals surface area contributed by atoms with Crippen molar-refractivity contribution in [3.63, 3.8) is 0 Å². The normalized spacial score (nSPS) is 23.7. The Morgan fingerprint density at radius 3 is 2.24 bits per heavy atom. The number of alkyl carbamates (subject to hydrolysis) is 1. The van der Waals surface area contributed by atoms with E-state index in [-0.39, 0.29) is 21.9 Å². The number of ether oxygens (including phenoxy) is 1. The zero-order valence-corrected chi connectivity index (χ0v) is 23.0. The second-order valence-corrected chi connectivity index (χ2v) is 13.7. The predicted octanol–water partition coefficient (Wildman–Crippen LogP) is 5.10. The number of aryl methyl sites for hydroxylation is 1. The monoisotopic (exact) mass is 535 g/mol. The third-order valence-corrected chi connectivity index (χ3v) is 9.90. The van der Waals surface area contributed by atoms with Crippen LogP contribution in [0.25, 0.3) is 16.7 Å². The van der Waals surface area contributed by atoms with Gasteiger partial charge in [-0.05, 0) is 84.4 Å². The van der Waals surface area contributed by atoms with Crippen molar-refractivity contribution in [3.05, 3.63) is 60.3 Å². The maximum absolute atomic E-state index is 13.5. The molecule has 3 saturated carbocycles. The van der Waals surface area contributed by atoms with E-state index in [2.05, 4.69) is 14.7 Å². The van der Waals surface area contributed by atoms with Gasteiger partial charge in [0.05, 0.1) is 28.3 Å². The number of hydrogen-bond donors (Lipinski definition) is 1. The Morgan fingerprint density at radius 2 is 1.61 bits per heavy atom. The molecule has 3 aliphatic rings. The van der Waals surface area contributed by atoms with Crippen LogP contribution < -0.4 is 5.32 Å². The highest BCUT2D eigenvalue weighted by atomic mass is 32.2. The standard InChI is InChI=1S/C28H33N5O4S/c1-19-5-7-21(8-6-19)38(35,36)32-16-9-22-23(32)29-17-20-18-30-24(33(20)22)27-10-13-28(14-11-27,15-12-27)31-25(34)37-26(2,3)4/h5-9,16-18H,10-15H2,1-4H3,(H,31,34). The van der Waals surface area contributed by atoms with Crippen LogP contribution in [0, 0.1) is 6.92 Å². The van der Waals surface area contributed by atoms with E-state index >= 15 is 0 Å². The minimum atomic E-state index is -3.81. The average Bonchev–Trinajstić information content (AvgIpc) is 3.49. The van der Waals surface area contributed by atoms with Gasteiger partial charge in [-0.15, -0.1) is 0 Å². The number of benzene rings is 1. The molecule has 3 heterocycles. The van der Waals surface area contributed by atoms with Gasteiger partial charge in [-0.3, -0.25) is 4.40 Å². The largest absolute Gasteiger partial charge is 0.444 e. The van der Waals surface area contributed by atoms with Crippen molar-refractivity contribution in [2.75, 3.05) is 0 Å². The molecule has 0 saturated heterocycles. The number of carbonyl (C=O) groups is 1. The zero-order chi connectivity index (χ0) is 26.9. The van der Waals surface area contributed by atoms with Crippen molar-refractivity contribution in [3.8, 4) is 0 Å². The van der Waals surface area contributed by atoms with Crippen LogP contribution in [-0.2, 0) is 20.2 Å². The minimum Gasteiger partial charge on any atom is -0.444 e. The molecular formula is C28H33N5O4S. The summed E-state index contributed by atoms with van der Waals surface area (Å²) in [5.41, 5.74) is 1.99. The molecule has 10 heteroatoms. The van der Waals surface area contributed by atoms with Crippen molar-refractivity contribution >= 4 is 32.8 Å². The Kier molecular flexibility index (Phi) is 5.44. The van der Waals surface area contributed by atoms with Gasteiger partial charge in [0.2, 0.25) is 0 Å². The fourth-order valence-electron chi connectivity index (χ4n) is 6.15. The van der Waals surface area contributed by atoms with Gasteiger partial charge in [-0.2, -0.15) is 0 Å². The molecule has 0 atom stereocenters. The van der Waals surface area contributed by atoms with Crippen molar-refractivity contribution in [1.82, 2.24) is 23.7 Å². The van der Waals surface area contributed by atoms with Gasteiger partial charge in [0.15, 0.2) is 5.65 Å². The molecule has 3 fully saturated rings. The number of imidazole rings is 1. The van der Waals surface area contributed by atoms with Gasteiger partial charge in [-0.25, -0.2) is 27.2 Å². The van der Waals surface area contributed by atoms with Crippen molar-refractivity contribution < 1.29 is 17.9 Å². The number of amides is 1. The van der Waals surface area contributed by atoms with E-state index in [0.717, 1.165) is 55.4 Å². The number of nitrogens with zero attached hydrogens (tertiary/aromatic N) is 4. The van der Waals surface area contributed by atoms with Crippen LogP contribution in [0.3, 0.4) is 0 Å². The van der Waals surface area contributed by atoms with Crippen LogP contribution in [0.2, 0.25) is 0 Å². The SMILES string of the molecule is Cc1ccc(S(=O)(=O)n2ccc3c2ncc2cnc(C45CCC(NC(=O)OC(C)(C)C)(CC4)CC5)n23)cc1. The molecule has 1 N–H and O–H groups in total. The second-order valence-electron chi connectivity index (χ2n) is 11.9. The maximum Gasteiger partial charge on any atom is 0.408 e. The lowest BCUT2D eigenvalue weighted by Gasteiger charge is -2.52. The lowest BCUT2D eigenvalue weighted by atomic mass is 9.57. The van der Waals surface area contributed by atoms with Gasteiger partial charge in [-0.1, -0.05) is 17.7 Å². The maximum atomic E-state index is 13.5. The lowest BCUT2D eigenvalue weighted by Crippen LogP contribution is -2.58. The number of hydrogen-bond acceptors (Lipinski definition) is 6. The summed E-state index contributed by atoms with van der Waals surface area (Å²) < 4.78 is 35.8. The summed E-state index contributed by atoms with van der Waals surface area (Å²) >= 11 is 0. The Bertz CT molecular complexity index is 1640. The summed E-state index contributed by atoms with van der Waals surface area (Å²) in [7, 11) is -3.81. The molecule has 7 rings (SSSR count). The quantitative estimate of drug-likeness (QED) is 0.390. The number of carbonyl (C=O) groups excluding carboxylic acids is 1. The Labute approximate surface area is 222 Å². The van der Waals surface area contributed by atoms with Gasteiger partial charge >= 0.3 is 6.09 Å². The van der Waals surface area contributed by atoms with E-state index in [1.165, 1.54) is 3.97 Å². The molecule has 38 heavy (non-hydrogen) atoms. The van der Waals surface area contributed by atoms with E-state index in [1.807, 2.05) is 40.0 Å². The van der Waals surface area contributed by atoms with Crippen molar-refractivity contribution in [2.24, 2.45) is 0 Å². The molecule has 200 valence electrons. The third kappa shape index (κ3) is 3.97. The van der Waals surface area contributed by atoms with Crippen molar-refractivity contribution in [1.29, 1.82) is 0 Å². The molecule has 3 aromatic heterocycles. The number of fused-ring (bicyclic) bond motifs is 6. The fourth-order valence-corrected chi connectivity index (χ4v) is 7.45. The van der Waals surface area contributed by atoms with E-state index in [4.69, 9.17) is 9.72 Å². The molecular weight excluding hydrogens is 502 g/mol. The van der Waals surface area contributed by atoms with E-state index < -0.39 is 15.6 Å². The van der Waals surface area contributed by atoms with Gasteiger partial charge in [0.25, 0.3) is 10.0 Å². The Morgan fingerprint density at radius 1 is 0.974 bits per heavy atom. The molecule has 3 aliphatic carbocycles. The summed E-state index contributed by atoms with van der Waals surface area (Å²) in [6.45, 7) is 7.54. The van der Waals surface area contributed by atoms with Crippen LogP contribution in [0.15, 0.2) is 53.8 Å². The van der Waals surface area contributed by atoms with Crippen LogP contribution >= 0.6 is 0 Å². The minimum absolute atomic E-state index is 0.143. The zero-order valence-electron chi connectivity index (χ0n) is 22.2. The van der Waals surface area contributed by atoms with Gasteiger partial charge in [0, 0.05) is 17.2 Å². The van der Waals surface area contributed by atoms with Gasteiger partial charge < -0.3 is 10.1 Å². The van der Waals surface area contributed by atoms with E-state index in [9.17, 15) is 13.2 Å². The number of aromatic nitrogens is 4. The fraction of sp³-hybridized carbons (Fsp3) is 0.464. The van der Waals surface area contributed by atoms with Crippen LogP contribution in [-0.4, -0.2) is 44.0 Å². The highest BCUT2D eigenvalue weighted by Gasteiger charge is 2.52. The van der Waals surface area contributed by atoms with E-state index in [1.54, 1.807) is 36.7 Å². The molecule has 1 amide bonds. The number of rotatable bonds is 4. The first-order chi connectivity index (χ1) is 17.9. The highest BCUT2D eigenvalue weighted by molar-refractivity contribution is 7.90. The highest BCUT2D eigenvalue weighted by Crippen LogP contribution is 2.53. The van der Waals surface area contributed by atoms with Crippen molar-refractivity contribution in [2.45, 2.75) is 87.7 Å². The molecule has 9 nitrogen and oxygen atoms in total. The molecule has 0 aliphatic heterocycles. The first-order valence-corrected chi connectivity index (χ1v) is 14.5.